The fourth-order valence-electron chi connectivity index (χ4n) is 4.03. The van der Waals surface area contributed by atoms with Gasteiger partial charge in [-0.3, -0.25) is 15.0 Å². The number of hydrogen-bond donors (Lipinski definition) is 2. The third-order valence-corrected chi connectivity index (χ3v) is 6.80. The van der Waals surface area contributed by atoms with Crippen LogP contribution in [0, 0.1) is 0 Å². The van der Waals surface area contributed by atoms with Crippen LogP contribution in [0.1, 0.15) is 18.9 Å². The minimum Gasteiger partial charge on any atom is -0.318 e. The molecule has 1 saturated heterocycles. The van der Waals surface area contributed by atoms with Gasteiger partial charge < -0.3 is 5.32 Å². The number of carbonyl (C=O) groups excluding carboxylic acids is 3. The molecule has 0 radical (unpaired) electrons. The summed E-state index contributed by atoms with van der Waals surface area (Å²) < 4.78 is 1.70. The van der Waals surface area contributed by atoms with Gasteiger partial charge in [0.2, 0.25) is 5.91 Å². The quantitative estimate of drug-likeness (QED) is 0.233. The van der Waals surface area contributed by atoms with E-state index in [0.717, 1.165) is 10.7 Å². The lowest BCUT2D eigenvalue weighted by atomic mass is 9.87. The summed E-state index contributed by atoms with van der Waals surface area (Å²) in [5.74, 6) is -1.10. The van der Waals surface area contributed by atoms with Crippen molar-refractivity contribution in [1.29, 1.82) is 0 Å². The summed E-state index contributed by atoms with van der Waals surface area (Å²) in [7, 11) is 0. The summed E-state index contributed by atoms with van der Waals surface area (Å²) in [5.41, 5.74) is 3.34. The highest BCUT2D eigenvalue weighted by Crippen LogP contribution is 2.32. The van der Waals surface area contributed by atoms with Crippen LogP contribution < -0.4 is 10.7 Å². The van der Waals surface area contributed by atoms with Gasteiger partial charge >= 0.3 is 6.03 Å². The predicted octanol–water partition coefficient (Wildman–Crippen LogP) is 2.80. The molecule has 3 heterocycles. The van der Waals surface area contributed by atoms with Crippen molar-refractivity contribution in [2.45, 2.75) is 23.9 Å². The van der Waals surface area contributed by atoms with E-state index < -0.39 is 23.4 Å². The number of fused-ring (bicyclic) bond motifs is 1. The van der Waals surface area contributed by atoms with Crippen molar-refractivity contribution in [2.24, 2.45) is 0 Å². The SMILES string of the molecule is CC[C@]1(c2ccccc2)NC(=O)N(NC(=O)CSc2ncnc3c2cnn3-c2ccccc2)C1=O. The van der Waals surface area contributed by atoms with Crippen molar-refractivity contribution >= 4 is 40.6 Å². The van der Waals surface area contributed by atoms with E-state index in [0.29, 0.717) is 28.0 Å². The van der Waals surface area contributed by atoms with Gasteiger partial charge in [0.05, 0.1) is 23.0 Å². The van der Waals surface area contributed by atoms with Crippen LogP contribution in [0.3, 0.4) is 0 Å². The van der Waals surface area contributed by atoms with E-state index in [9.17, 15) is 14.4 Å². The van der Waals surface area contributed by atoms with Gasteiger partial charge in [-0.15, -0.1) is 0 Å². The Morgan fingerprint density at radius 2 is 1.77 bits per heavy atom. The minimum atomic E-state index is -1.22. The average molecular weight is 488 g/mol. The number of hydrogen-bond acceptors (Lipinski definition) is 7. The van der Waals surface area contributed by atoms with Gasteiger partial charge in [-0.25, -0.2) is 19.4 Å². The number of rotatable bonds is 7. The Hall–Kier alpha value is -4.25. The van der Waals surface area contributed by atoms with E-state index >= 15 is 0 Å². The number of aromatic nitrogens is 4. The second-order valence-electron chi connectivity index (χ2n) is 7.83. The molecule has 1 aliphatic rings. The summed E-state index contributed by atoms with van der Waals surface area (Å²) in [6, 6.07) is 17.9. The Morgan fingerprint density at radius 1 is 1.06 bits per heavy atom. The number of hydrazine groups is 1. The topological polar surface area (TPSA) is 122 Å². The standard InChI is InChI=1S/C24H21N7O3S/c1-2-24(16-9-5-3-6-10-16)22(33)31(23(34)28-24)29-19(32)14-35-21-18-13-27-30(20(18)25-15-26-21)17-11-7-4-8-12-17/h3-13,15H,2,14H2,1H3,(H,28,34)(H,29,32)/t24-/m1/s1. The smallest absolute Gasteiger partial charge is 0.318 e. The van der Waals surface area contributed by atoms with Crippen molar-refractivity contribution in [2.75, 3.05) is 5.75 Å². The maximum Gasteiger partial charge on any atom is 0.344 e. The first-order valence-corrected chi connectivity index (χ1v) is 11.9. The normalized spacial score (nSPS) is 17.6. The molecule has 2 aromatic heterocycles. The third kappa shape index (κ3) is 3.99. The van der Waals surface area contributed by atoms with Crippen LogP contribution in [0.5, 0.6) is 0 Å². The molecular formula is C24H21N7O3S. The summed E-state index contributed by atoms with van der Waals surface area (Å²) in [6.45, 7) is 1.81. The molecule has 0 unspecified atom stereocenters. The summed E-state index contributed by atoms with van der Waals surface area (Å²) in [5, 5.41) is 9.16. The molecule has 4 aromatic rings. The zero-order valence-corrected chi connectivity index (χ0v) is 19.5. The van der Waals surface area contributed by atoms with Gasteiger partial charge in [0.1, 0.15) is 16.9 Å². The zero-order valence-electron chi connectivity index (χ0n) is 18.7. The van der Waals surface area contributed by atoms with Crippen LogP contribution in [0.25, 0.3) is 16.7 Å². The van der Waals surface area contributed by atoms with Crippen molar-refractivity contribution in [3.8, 4) is 5.69 Å². The number of imide groups is 1. The zero-order chi connectivity index (χ0) is 24.4. The molecular weight excluding hydrogens is 466 g/mol. The number of nitrogens with zero attached hydrogens (tertiary/aromatic N) is 5. The van der Waals surface area contributed by atoms with Crippen molar-refractivity contribution < 1.29 is 14.4 Å². The van der Waals surface area contributed by atoms with Crippen LogP contribution in [0.2, 0.25) is 0 Å². The van der Waals surface area contributed by atoms with E-state index in [4.69, 9.17) is 0 Å². The highest BCUT2D eigenvalue weighted by Gasteiger charge is 2.52. The molecule has 35 heavy (non-hydrogen) atoms. The molecule has 2 aromatic carbocycles. The van der Waals surface area contributed by atoms with E-state index in [2.05, 4.69) is 25.8 Å². The van der Waals surface area contributed by atoms with Crippen LogP contribution in [-0.4, -0.2) is 48.4 Å². The van der Waals surface area contributed by atoms with Gasteiger partial charge in [0, 0.05) is 0 Å². The molecule has 176 valence electrons. The van der Waals surface area contributed by atoms with Gasteiger partial charge in [0.25, 0.3) is 5.91 Å². The molecule has 0 spiro atoms. The molecule has 1 atom stereocenters. The number of benzene rings is 2. The Kier molecular flexibility index (Phi) is 5.91. The molecule has 5 rings (SSSR count). The highest BCUT2D eigenvalue weighted by atomic mass is 32.2. The summed E-state index contributed by atoms with van der Waals surface area (Å²) in [4.78, 5) is 47.1. The Balaban J connectivity index is 1.30. The van der Waals surface area contributed by atoms with E-state index in [1.54, 1.807) is 35.1 Å². The highest BCUT2D eigenvalue weighted by molar-refractivity contribution is 8.00. The molecule has 4 amide bonds. The van der Waals surface area contributed by atoms with Crippen LogP contribution in [0.15, 0.2) is 78.2 Å². The second kappa shape index (κ2) is 9.18. The largest absolute Gasteiger partial charge is 0.344 e. The van der Waals surface area contributed by atoms with Crippen LogP contribution >= 0.6 is 11.8 Å². The fourth-order valence-corrected chi connectivity index (χ4v) is 4.78. The lowest BCUT2D eigenvalue weighted by Crippen LogP contribution is -2.49. The molecule has 0 bridgehead atoms. The first-order valence-electron chi connectivity index (χ1n) is 10.9. The monoisotopic (exact) mass is 487 g/mol. The summed E-state index contributed by atoms with van der Waals surface area (Å²) >= 11 is 1.17. The molecule has 0 saturated carbocycles. The Morgan fingerprint density at radius 3 is 2.49 bits per heavy atom. The van der Waals surface area contributed by atoms with Crippen LogP contribution in [-0.2, 0) is 15.1 Å². The van der Waals surface area contributed by atoms with Crippen molar-refractivity contribution in [3.05, 3.63) is 78.8 Å². The number of para-hydroxylation sites is 1. The van der Waals surface area contributed by atoms with Gasteiger partial charge in [-0.05, 0) is 24.1 Å². The lowest BCUT2D eigenvalue weighted by molar-refractivity contribution is -0.138. The number of nitrogens with one attached hydrogen (secondary N) is 2. The molecule has 10 nitrogen and oxygen atoms in total. The molecule has 0 aliphatic carbocycles. The van der Waals surface area contributed by atoms with E-state index in [-0.39, 0.29) is 5.75 Å². The average Bonchev–Trinajstić information content (AvgIpc) is 3.44. The van der Waals surface area contributed by atoms with Crippen LogP contribution in [0.4, 0.5) is 4.79 Å². The first-order chi connectivity index (χ1) is 17.0. The van der Waals surface area contributed by atoms with Crippen molar-refractivity contribution in [1.82, 2.24) is 35.5 Å². The Labute approximate surface area is 204 Å². The Bertz CT molecular complexity index is 1410. The second-order valence-corrected chi connectivity index (χ2v) is 8.79. The first kappa shape index (κ1) is 22.5. The van der Waals surface area contributed by atoms with E-state index in [1.165, 1.54) is 18.1 Å². The number of urea groups is 1. The molecule has 1 fully saturated rings. The maximum atomic E-state index is 13.2. The lowest BCUT2D eigenvalue weighted by Gasteiger charge is -2.25. The molecule has 2 N–H and O–H groups in total. The maximum absolute atomic E-state index is 13.2. The van der Waals surface area contributed by atoms with E-state index in [1.807, 2.05) is 43.3 Å². The number of carbonyl (C=O) groups is 3. The summed E-state index contributed by atoms with van der Waals surface area (Å²) in [6.07, 6.45) is 3.40. The minimum absolute atomic E-state index is 0.0653. The van der Waals surface area contributed by atoms with Gasteiger partial charge in [-0.1, -0.05) is 67.2 Å². The van der Waals surface area contributed by atoms with Crippen molar-refractivity contribution in [3.63, 3.8) is 0 Å². The predicted molar refractivity (Wildman–Crippen MR) is 129 cm³/mol. The third-order valence-electron chi connectivity index (χ3n) is 5.80. The van der Waals surface area contributed by atoms with Gasteiger partial charge in [-0.2, -0.15) is 10.1 Å². The molecule has 1 aliphatic heterocycles. The number of thioether (sulfide) groups is 1. The molecule has 11 heteroatoms. The fraction of sp³-hybridized carbons (Fsp3) is 0.167. The number of amides is 4. The van der Waals surface area contributed by atoms with Gasteiger partial charge in [0.15, 0.2) is 5.65 Å².